The van der Waals surface area contributed by atoms with E-state index in [1.54, 1.807) is 5.19 Å². The first-order valence-electron chi connectivity index (χ1n) is 23.4. The Morgan fingerprint density at radius 2 is 1.30 bits per heavy atom. The van der Waals surface area contributed by atoms with E-state index in [1.807, 2.05) is 11.3 Å². The molecule has 2 aromatic heterocycles. The molecule has 61 heavy (non-hydrogen) atoms. The average Bonchev–Trinajstić information content (AvgIpc) is 3.48. The average molecular weight is 1040 g/mol. The standard InChI is InChI=1S/C37H47N2SSi.C17H32O2.Ir/c1-23(2)19-41(20-24(3)4,21-25(5)6)32-16-15-30-34-36(40-35(30)26(32)7)33(38-22-39-34)28-17-27-13-11-12-14-29(27)31(18-28)37(8,9)10;1-10(2)16(11(3)4)14(18)9-15(19)17(12(5)6)13(7)8;/h11-16,18,22-25H,19-21H2,1-10H3;9-13,16-18H,1-8H3;/q-1;;/b;14-9-;/i22D;;. The van der Waals surface area contributed by atoms with Crippen molar-refractivity contribution in [3.05, 3.63) is 77.8 Å². The molecule has 0 atom stereocenters. The summed E-state index contributed by atoms with van der Waals surface area (Å²) in [4.78, 5) is 21.8. The number of rotatable bonds is 15. The molecule has 337 valence electrons. The number of fused-ring (bicyclic) bond motifs is 4. The first kappa shape index (κ1) is 50.9. The number of carbonyl (C=O) groups is 1. The van der Waals surface area contributed by atoms with Crippen molar-refractivity contribution >= 4 is 61.5 Å². The third-order valence-electron chi connectivity index (χ3n) is 12.3. The molecule has 5 rings (SSSR count). The van der Waals surface area contributed by atoms with E-state index in [1.165, 1.54) is 45.4 Å². The Morgan fingerprint density at radius 1 is 0.770 bits per heavy atom. The summed E-state index contributed by atoms with van der Waals surface area (Å²) >= 11 is 1.82. The van der Waals surface area contributed by atoms with Gasteiger partial charge >= 0.3 is 0 Å². The number of nitrogens with zero attached hydrogens (tertiary/aromatic N) is 2. The second-order valence-corrected chi connectivity index (χ2v) is 26.9. The molecular formula is C54H79IrN2O2SSi-. The fourth-order valence-electron chi connectivity index (χ4n) is 10.6. The van der Waals surface area contributed by atoms with Crippen LogP contribution < -0.4 is 5.19 Å². The molecule has 2 heterocycles. The zero-order chi connectivity index (χ0) is 45.9. The maximum absolute atomic E-state index is 12.3. The monoisotopic (exact) mass is 1040 g/mol. The Morgan fingerprint density at radius 3 is 1.79 bits per heavy atom. The fraction of sp³-hybridized carbons (Fsp3) is 0.574. The normalized spacial score (nSPS) is 13.3. The van der Waals surface area contributed by atoms with Crippen LogP contribution in [-0.2, 0) is 30.3 Å². The molecule has 5 aromatic rings. The van der Waals surface area contributed by atoms with Gasteiger partial charge in [-0.2, -0.15) is 0 Å². The molecule has 7 heteroatoms. The number of aliphatic hydroxyl groups excluding tert-OH is 1. The quantitative estimate of drug-likeness (QED) is 0.0491. The number of allylic oxidation sites excluding steroid dienone is 2. The van der Waals surface area contributed by atoms with Gasteiger partial charge in [-0.05, 0) is 59.3 Å². The van der Waals surface area contributed by atoms with Crippen LogP contribution in [0.2, 0.25) is 18.1 Å². The summed E-state index contributed by atoms with van der Waals surface area (Å²) in [5.41, 5.74) is 5.35. The Labute approximate surface area is 391 Å². The van der Waals surface area contributed by atoms with Gasteiger partial charge in [0.1, 0.15) is 7.67 Å². The number of aromatic nitrogens is 2. The Kier molecular flexibility index (Phi) is 18.2. The number of hydrogen-bond donors (Lipinski definition) is 1. The minimum Gasteiger partial charge on any atom is -0.512 e. The van der Waals surface area contributed by atoms with E-state index < -0.39 is 8.07 Å². The van der Waals surface area contributed by atoms with Gasteiger partial charge in [-0.25, -0.2) is 4.98 Å². The summed E-state index contributed by atoms with van der Waals surface area (Å²) < 4.78 is 11.0. The van der Waals surface area contributed by atoms with Crippen molar-refractivity contribution in [1.29, 1.82) is 0 Å². The van der Waals surface area contributed by atoms with E-state index in [2.05, 4.69) is 173 Å². The molecule has 3 aromatic carbocycles. The Hall–Kier alpha value is -2.70. The van der Waals surface area contributed by atoms with Crippen LogP contribution in [0.25, 0.3) is 42.3 Å². The molecule has 4 nitrogen and oxygen atoms in total. The van der Waals surface area contributed by atoms with Crippen molar-refractivity contribution in [2.75, 3.05) is 0 Å². The molecule has 0 unspecified atom stereocenters. The summed E-state index contributed by atoms with van der Waals surface area (Å²) in [7, 11) is -1.79. The topological polar surface area (TPSA) is 63.1 Å². The Balaban J connectivity index is 0.000000435. The molecule has 0 saturated heterocycles. The number of thiophene rings is 1. The van der Waals surface area contributed by atoms with Crippen molar-refractivity contribution in [2.45, 2.75) is 148 Å². The third kappa shape index (κ3) is 12.5. The molecule has 0 bridgehead atoms. The minimum atomic E-state index is -1.79. The zero-order valence-corrected chi connectivity index (χ0v) is 45.1. The van der Waals surface area contributed by atoms with Crippen LogP contribution in [0.3, 0.4) is 0 Å². The van der Waals surface area contributed by atoms with Gasteiger partial charge in [0.05, 0.1) is 19.3 Å². The summed E-state index contributed by atoms with van der Waals surface area (Å²) in [6.07, 6.45) is 1.55. The molecule has 1 N–H and O–H groups in total. The summed E-state index contributed by atoms with van der Waals surface area (Å²) in [6, 6.07) is 23.2. The van der Waals surface area contributed by atoms with E-state index in [4.69, 9.17) is 11.3 Å². The molecule has 0 amide bonds. The SMILES string of the molecule is CC(C)C(C(=O)/C=C(\O)C(C(C)C)C(C)C)C(C)C.[2H]c1nc(-c2[c-]c3ccccc3c(C(C)(C)C)c2)c2sc3c(C)c([Si](CC(C)C)(CC(C)C)CC(C)C)ccc3c2n1.[Ir]. The third-order valence-corrected chi connectivity index (χ3v) is 20.1. The van der Waals surface area contributed by atoms with Crippen molar-refractivity contribution < 1.29 is 31.4 Å². The van der Waals surface area contributed by atoms with E-state index >= 15 is 0 Å². The maximum Gasteiger partial charge on any atom is 0.162 e. The molecule has 0 aliphatic heterocycles. The van der Waals surface area contributed by atoms with Crippen molar-refractivity contribution in [2.24, 2.45) is 53.3 Å². The number of benzene rings is 3. The van der Waals surface area contributed by atoms with Crippen LogP contribution >= 0.6 is 11.3 Å². The van der Waals surface area contributed by atoms with Gasteiger partial charge in [0.2, 0.25) is 0 Å². The van der Waals surface area contributed by atoms with Crippen LogP contribution in [0.4, 0.5) is 0 Å². The number of hydrogen-bond acceptors (Lipinski definition) is 5. The summed E-state index contributed by atoms with van der Waals surface area (Å²) in [5.74, 6) is 3.66. The largest absolute Gasteiger partial charge is 0.512 e. The van der Waals surface area contributed by atoms with Gasteiger partial charge in [-0.1, -0.05) is 182 Å². The molecule has 0 aliphatic rings. The van der Waals surface area contributed by atoms with Gasteiger partial charge in [-0.3, -0.25) is 9.78 Å². The van der Waals surface area contributed by atoms with Crippen molar-refractivity contribution in [1.82, 2.24) is 9.97 Å². The molecule has 0 aliphatic carbocycles. The predicted molar refractivity (Wildman–Crippen MR) is 267 cm³/mol. The van der Waals surface area contributed by atoms with Crippen LogP contribution in [0, 0.1) is 66.3 Å². The van der Waals surface area contributed by atoms with Gasteiger partial charge in [0, 0.05) is 58.5 Å². The number of aliphatic hydroxyl groups is 1. The van der Waals surface area contributed by atoms with E-state index in [0.717, 1.165) is 32.2 Å². The van der Waals surface area contributed by atoms with Gasteiger partial charge in [0.15, 0.2) is 5.78 Å². The molecule has 1 radical (unpaired) electrons. The first-order valence-corrected chi connectivity index (χ1v) is 26.3. The van der Waals surface area contributed by atoms with Gasteiger partial charge < -0.3 is 5.11 Å². The van der Waals surface area contributed by atoms with Crippen LogP contribution in [0.1, 0.15) is 130 Å². The van der Waals surface area contributed by atoms with Gasteiger partial charge in [-0.15, -0.1) is 40.5 Å². The van der Waals surface area contributed by atoms with Crippen LogP contribution in [0.15, 0.2) is 60.6 Å². The van der Waals surface area contributed by atoms with Crippen LogP contribution in [-0.4, -0.2) is 28.9 Å². The summed E-state index contributed by atoms with van der Waals surface area (Å²) in [6.45, 7) is 40.1. The van der Waals surface area contributed by atoms with Crippen molar-refractivity contribution in [3.8, 4) is 11.3 Å². The van der Waals surface area contributed by atoms with Crippen LogP contribution in [0.5, 0.6) is 0 Å². The molecule has 0 fully saturated rings. The second kappa shape index (κ2) is 21.8. The molecule has 0 saturated carbocycles. The van der Waals surface area contributed by atoms with E-state index in [-0.39, 0.29) is 55.2 Å². The zero-order valence-electron chi connectivity index (χ0n) is 41.9. The smallest absolute Gasteiger partial charge is 0.162 e. The molecular weight excluding hydrogens is 961 g/mol. The summed E-state index contributed by atoms with van der Waals surface area (Å²) in [5, 5.41) is 15.4. The predicted octanol–water partition coefficient (Wildman–Crippen LogP) is 15.5. The number of ketones is 1. The van der Waals surface area contributed by atoms with E-state index in [0.29, 0.717) is 41.4 Å². The first-order chi connectivity index (χ1) is 28.3. The number of carbonyl (C=O) groups excluding carboxylic acids is 1. The fourth-order valence-corrected chi connectivity index (χ4v) is 19.2. The molecule has 0 spiro atoms. The Bertz CT molecular complexity index is 2270. The van der Waals surface area contributed by atoms with Gasteiger partial charge in [0.25, 0.3) is 0 Å². The maximum atomic E-state index is 12.3. The number of aryl methyl sites for hydroxylation is 1. The minimum absolute atomic E-state index is 0. The van der Waals surface area contributed by atoms with E-state index in [9.17, 15) is 9.90 Å². The van der Waals surface area contributed by atoms with Crippen molar-refractivity contribution in [3.63, 3.8) is 0 Å². The second-order valence-electron chi connectivity index (χ2n) is 21.5.